The molecule has 2 aliphatic rings. The minimum atomic E-state index is -0.877. The second kappa shape index (κ2) is 10.2. The van der Waals surface area contributed by atoms with Crippen LogP contribution < -0.4 is 4.74 Å². The van der Waals surface area contributed by atoms with Crippen molar-refractivity contribution in [2.75, 3.05) is 39.4 Å². The molecule has 0 aliphatic carbocycles. The van der Waals surface area contributed by atoms with Gasteiger partial charge in [0, 0.05) is 25.8 Å². The minimum Gasteiger partial charge on any atom is -0.490 e. The lowest BCUT2D eigenvalue weighted by Crippen LogP contribution is -2.59. The van der Waals surface area contributed by atoms with E-state index in [0.717, 1.165) is 43.7 Å². The van der Waals surface area contributed by atoms with Crippen LogP contribution in [0, 0.1) is 6.92 Å². The Labute approximate surface area is 189 Å². The molecular formula is C24H32N4O4. The quantitative estimate of drug-likeness (QED) is 0.660. The molecule has 0 bridgehead atoms. The highest BCUT2D eigenvalue weighted by atomic mass is 16.5. The molecule has 4 rings (SSSR count). The summed E-state index contributed by atoms with van der Waals surface area (Å²) in [6.07, 6.45) is 7.02. The number of carbonyl (C=O) groups excluding carboxylic acids is 2. The Morgan fingerprint density at radius 1 is 1.06 bits per heavy atom. The lowest BCUT2D eigenvalue weighted by molar-refractivity contribution is -0.166. The van der Waals surface area contributed by atoms with Crippen molar-refractivity contribution in [2.24, 2.45) is 0 Å². The molecule has 2 amide bonds. The van der Waals surface area contributed by atoms with Gasteiger partial charge in [0.2, 0.25) is 11.8 Å². The molecule has 172 valence electrons. The molecule has 2 saturated heterocycles. The molecule has 2 aliphatic heterocycles. The number of likely N-dealkylation sites (tertiary alicyclic amines) is 1. The summed E-state index contributed by atoms with van der Waals surface area (Å²) in [5.41, 5.74) is 0.135. The zero-order chi connectivity index (χ0) is 22.4. The van der Waals surface area contributed by atoms with E-state index in [0.29, 0.717) is 19.7 Å². The van der Waals surface area contributed by atoms with Crippen molar-refractivity contribution in [1.29, 1.82) is 0 Å². The largest absolute Gasteiger partial charge is 0.490 e. The number of aromatic nitrogens is 2. The van der Waals surface area contributed by atoms with E-state index in [1.807, 2.05) is 48.4 Å². The number of piperidine rings is 1. The van der Waals surface area contributed by atoms with Gasteiger partial charge in [0.25, 0.3) is 0 Å². The van der Waals surface area contributed by atoms with E-state index in [-0.39, 0.29) is 31.4 Å². The summed E-state index contributed by atoms with van der Waals surface area (Å²) in [7, 11) is 0. The van der Waals surface area contributed by atoms with Crippen molar-refractivity contribution < 1.29 is 19.1 Å². The van der Waals surface area contributed by atoms with E-state index in [1.54, 1.807) is 15.8 Å². The molecule has 2 fully saturated rings. The maximum absolute atomic E-state index is 13.1. The summed E-state index contributed by atoms with van der Waals surface area (Å²) >= 11 is 0. The Balaban J connectivity index is 1.47. The van der Waals surface area contributed by atoms with Crippen LogP contribution in [0.2, 0.25) is 0 Å². The molecule has 2 aromatic rings. The van der Waals surface area contributed by atoms with Gasteiger partial charge in [-0.2, -0.15) is 5.10 Å². The van der Waals surface area contributed by atoms with Crippen molar-refractivity contribution in [3.63, 3.8) is 0 Å². The summed E-state index contributed by atoms with van der Waals surface area (Å²) in [6.45, 7) is 5.08. The first kappa shape index (κ1) is 22.3. The van der Waals surface area contributed by atoms with Gasteiger partial charge in [-0.1, -0.05) is 18.2 Å². The smallest absolute Gasteiger partial charge is 0.244 e. The number of ether oxygens (including phenoxy) is 2. The lowest BCUT2D eigenvalue weighted by atomic mass is 9.96. The number of carbonyl (C=O) groups is 2. The zero-order valence-electron chi connectivity index (χ0n) is 18.7. The minimum absolute atomic E-state index is 0.0362. The second-order valence-electron chi connectivity index (χ2n) is 8.78. The van der Waals surface area contributed by atoms with Gasteiger partial charge < -0.3 is 19.3 Å². The monoisotopic (exact) mass is 440 g/mol. The fraction of sp³-hybridized carbons (Fsp3) is 0.542. The SMILES string of the molecule is Cc1cnn(CC(=O)N2CCOC(COc3ccccc3)(CC(=O)N3CCCCC3)C2)c1. The number of morpholine rings is 1. The third-order valence-electron chi connectivity index (χ3n) is 6.09. The molecule has 32 heavy (non-hydrogen) atoms. The van der Waals surface area contributed by atoms with Crippen LogP contribution in [0.25, 0.3) is 0 Å². The van der Waals surface area contributed by atoms with Crippen LogP contribution in [-0.4, -0.2) is 76.4 Å². The normalized spacial score (nSPS) is 21.4. The average Bonchev–Trinajstić information content (AvgIpc) is 3.23. The van der Waals surface area contributed by atoms with E-state index in [2.05, 4.69) is 5.10 Å². The van der Waals surface area contributed by atoms with Crippen molar-refractivity contribution in [3.8, 4) is 5.75 Å². The molecule has 0 spiro atoms. The maximum Gasteiger partial charge on any atom is 0.244 e. The average molecular weight is 441 g/mol. The summed E-state index contributed by atoms with van der Waals surface area (Å²) in [5.74, 6) is 0.751. The summed E-state index contributed by atoms with van der Waals surface area (Å²) < 4.78 is 13.9. The molecule has 8 heteroatoms. The van der Waals surface area contributed by atoms with Crippen LogP contribution in [0.4, 0.5) is 0 Å². The van der Waals surface area contributed by atoms with Gasteiger partial charge in [0.05, 0.1) is 25.8 Å². The number of rotatable bonds is 7. The third-order valence-corrected chi connectivity index (χ3v) is 6.09. The molecule has 1 aromatic carbocycles. The summed E-state index contributed by atoms with van der Waals surface area (Å²) in [4.78, 5) is 29.8. The Kier molecular flexibility index (Phi) is 7.09. The van der Waals surface area contributed by atoms with E-state index < -0.39 is 5.60 Å². The molecule has 1 atom stereocenters. The number of nitrogens with zero attached hydrogens (tertiary/aromatic N) is 4. The number of hydrogen-bond donors (Lipinski definition) is 0. The third kappa shape index (κ3) is 5.68. The Bertz CT molecular complexity index is 910. The van der Waals surface area contributed by atoms with Crippen LogP contribution in [0.15, 0.2) is 42.7 Å². The topological polar surface area (TPSA) is 76.9 Å². The zero-order valence-corrected chi connectivity index (χ0v) is 18.7. The number of amides is 2. The number of aryl methyl sites for hydroxylation is 1. The van der Waals surface area contributed by atoms with Crippen molar-refractivity contribution in [2.45, 2.75) is 44.8 Å². The Morgan fingerprint density at radius 3 is 2.56 bits per heavy atom. The van der Waals surface area contributed by atoms with Gasteiger partial charge in [0.15, 0.2) is 0 Å². The maximum atomic E-state index is 13.1. The molecule has 3 heterocycles. The van der Waals surface area contributed by atoms with Crippen LogP contribution >= 0.6 is 0 Å². The van der Waals surface area contributed by atoms with Gasteiger partial charge in [-0.3, -0.25) is 14.3 Å². The molecule has 0 saturated carbocycles. The predicted octanol–water partition coefficient (Wildman–Crippen LogP) is 2.27. The van der Waals surface area contributed by atoms with Crippen molar-refractivity contribution >= 4 is 11.8 Å². The first-order chi connectivity index (χ1) is 15.5. The Hall–Kier alpha value is -2.87. The van der Waals surface area contributed by atoms with Gasteiger partial charge in [0.1, 0.15) is 24.5 Å². The number of hydrogen-bond acceptors (Lipinski definition) is 5. The van der Waals surface area contributed by atoms with Gasteiger partial charge in [-0.15, -0.1) is 0 Å². The molecule has 0 radical (unpaired) electrons. The van der Waals surface area contributed by atoms with E-state index in [9.17, 15) is 9.59 Å². The molecule has 1 unspecified atom stereocenters. The van der Waals surface area contributed by atoms with Crippen molar-refractivity contribution in [3.05, 3.63) is 48.3 Å². The van der Waals surface area contributed by atoms with Gasteiger partial charge in [-0.05, 0) is 43.9 Å². The van der Waals surface area contributed by atoms with Crippen LogP contribution in [0.5, 0.6) is 5.75 Å². The second-order valence-corrected chi connectivity index (χ2v) is 8.78. The number of para-hydroxylation sites is 1. The highest BCUT2D eigenvalue weighted by Crippen LogP contribution is 2.26. The van der Waals surface area contributed by atoms with E-state index in [1.165, 1.54) is 0 Å². The Morgan fingerprint density at radius 2 is 1.84 bits per heavy atom. The number of benzene rings is 1. The van der Waals surface area contributed by atoms with Gasteiger partial charge >= 0.3 is 0 Å². The summed E-state index contributed by atoms with van der Waals surface area (Å²) in [6, 6.07) is 9.50. The van der Waals surface area contributed by atoms with Crippen LogP contribution in [0.1, 0.15) is 31.2 Å². The van der Waals surface area contributed by atoms with E-state index >= 15 is 0 Å². The fourth-order valence-corrected chi connectivity index (χ4v) is 4.36. The van der Waals surface area contributed by atoms with Crippen molar-refractivity contribution in [1.82, 2.24) is 19.6 Å². The first-order valence-electron chi connectivity index (χ1n) is 11.4. The predicted molar refractivity (Wildman–Crippen MR) is 119 cm³/mol. The molecule has 0 N–H and O–H groups in total. The highest BCUT2D eigenvalue weighted by molar-refractivity contribution is 5.78. The first-order valence-corrected chi connectivity index (χ1v) is 11.4. The fourth-order valence-electron chi connectivity index (χ4n) is 4.36. The summed E-state index contributed by atoms with van der Waals surface area (Å²) in [5, 5.41) is 4.22. The standard InChI is InChI=1S/C24H32N4O4/c1-20-15-25-28(16-20)17-23(30)27-12-13-32-24(18-27,19-31-21-8-4-2-5-9-21)14-22(29)26-10-6-3-7-11-26/h2,4-5,8-9,15-16H,3,6-7,10-14,17-19H2,1H3. The molecular weight excluding hydrogens is 408 g/mol. The van der Waals surface area contributed by atoms with Gasteiger partial charge in [-0.25, -0.2) is 0 Å². The van der Waals surface area contributed by atoms with Crippen LogP contribution in [0.3, 0.4) is 0 Å². The highest BCUT2D eigenvalue weighted by Gasteiger charge is 2.42. The lowest BCUT2D eigenvalue weighted by Gasteiger charge is -2.43. The molecule has 8 nitrogen and oxygen atoms in total. The van der Waals surface area contributed by atoms with Crippen LogP contribution in [-0.2, 0) is 20.9 Å². The van der Waals surface area contributed by atoms with E-state index in [4.69, 9.17) is 9.47 Å². The molecule has 1 aromatic heterocycles.